The SMILES string of the molecule is C=CC(=O)NC1CC(CO)N(S(=O)(=O)c2ccc3c(c2)CCC(=O)N3)C1. The first-order chi connectivity index (χ1) is 12.3. The van der Waals surface area contributed by atoms with E-state index in [0.717, 1.165) is 11.6 Å². The van der Waals surface area contributed by atoms with Gasteiger partial charge in [-0.15, -0.1) is 0 Å². The van der Waals surface area contributed by atoms with Crippen LogP contribution < -0.4 is 10.6 Å². The molecule has 2 atom stereocenters. The molecule has 2 aliphatic rings. The Balaban J connectivity index is 1.86. The van der Waals surface area contributed by atoms with Crippen LogP contribution in [0.25, 0.3) is 0 Å². The zero-order valence-electron chi connectivity index (χ0n) is 14.1. The summed E-state index contributed by atoms with van der Waals surface area (Å²) in [7, 11) is -3.84. The van der Waals surface area contributed by atoms with Gasteiger partial charge in [0.15, 0.2) is 0 Å². The Morgan fingerprint density at radius 1 is 1.42 bits per heavy atom. The summed E-state index contributed by atoms with van der Waals surface area (Å²) < 4.78 is 27.3. The van der Waals surface area contributed by atoms with E-state index in [-0.39, 0.29) is 35.9 Å². The molecule has 0 aliphatic carbocycles. The highest BCUT2D eigenvalue weighted by molar-refractivity contribution is 7.89. The topological polar surface area (TPSA) is 116 Å². The molecule has 0 saturated carbocycles. The Morgan fingerprint density at radius 3 is 2.88 bits per heavy atom. The van der Waals surface area contributed by atoms with Crippen LogP contribution >= 0.6 is 0 Å². The molecular weight excluding hydrogens is 358 g/mol. The molecule has 1 aromatic rings. The molecule has 0 aromatic heterocycles. The van der Waals surface area contributed by atoms with Crippen LogP contribution in [-0.2, 0) is 26.0 Å². The van der Waals surface area contributed by atoms with Crippen LogP contribution in [0.1, 0.15) is 18.4 Å². The number of anilines is 1. The Morgan fingerprint density at radius 2 is 2.19 bits per heavy atom. The number of carbonyl (C=O) groups is 2. The molecular formula is C17H21N3O5S. The standard InChI is InChI=1S/C17H21N3O5S/c1-2-16(22)18-12-8-13(10-21)20(9-12)26(24,25)14-4-5-15-11(7-14)3-6-17(23)19-15/h2,4-5,7,12-13,21H,1,3,6,8-10H2,(H,18,22)(H,19,23). The molecule has 2 unspecified atom stereocenters. The number of aryl methyl sites for hydroxylation is 1. The summed E-state index contributed by atoms with van der Waals surface area (Å²) in [5.41, 5.74) is 1.39. The minimum atomic E-state index is -3.84. The van der Waals surface area contributed by atoms with Crippen molar-refractivity contribution in [3.63, 3.8) is 0 Å². The van der Waals surface area contributed by atoms with Gasteiger partial charge in [0.2, 0.25) is 21.8 Å². The predicted octanol–water partition coefficient (Wildman–Crippen LogP) is -0.00260. The first-order valence-electron chi connectivity index (χ1n) is 8.33. The third-order valence-electron chi connectivity index (χ3n) is 4.69. The van der Waals surface area contributed by atoms with E-state index in [1.165, 1.54) is 10.4 Å². The van der Waals surface area contributed by atoms with E-state index in [2.05, 4.69) is 17.2 Å². The lowest BCUT2D eigenvalue weighted by Gasteiger charge is -2.24. The van der Waals surface area contributed by atoms with E-state index in [0.29, 0.717) is 24.9 Å². The van der Waals surface area contributed by atoms with Gasteiger partial charge in [-0.1, -0.05) is 6.58 Å². The summed E-state index contributed by atoms with van der Waals surface area (Å²) >= 11 is 0. The lowest BCUT2D eigenvalue weighted by Crippen LogP contribution is -2.39. The van der Waals surface area contributed by atoms with E-state index < -0.39 is 16.1 Å². The largest absolute Gasteiger partial charge is 0.395 e. The quantitative estimate of drug-likeness (QED) is 0.623. The number of hydrogen-bond donors (Lipinski definition) is 3. The number of amides is 2. The second-order valence-electron chi connectivity index (χ2n) is 6.42. The van der Waals surface area contributed by atoms with Crippen LogP contribution in [0.2, 0.25) is 0 Å². The summed E-state index contributed by atoms with van der Waals surface area (Å²) in [5, 5.41) is 15.0. The van der Waals surface area contributed by atoms with Crippen molar-refractivity contribution in [2.45, 2.75) is 36.2 Å². The van der Waals surface area contributed by atoms with Gasteiger partial charge in [-0.3, -0.25) is 9.59 Å². The number of rotatable bonds is 5. The first-order valence-corrected chi connectivity index (χ1v) is 9.77. The molecule has 0 bridgehead atoms. The third kappa shape index (κ3) is 3.50. The number of hydrogen-bond acceptors (Lipinski definition) is 5. The molecule has 1 saturated heterocycles. The minimum Gasteiger partial charge on any atom is -0.395 e. The Hall–Kier alpha value is -2.23. The molecule has 2 aliphatic heterocycles. The average Bonchev–Trinajstić information content (AvgIpc) is 3.04. The fraction of sp³-hybridized carbons (Fsp3) is 0.412. The second-order valence-corrected chi connectivity index (χ2v) is 8.31. The highest BCUT2D eigenvalue weighted by atomic mass is 32.2. The summed E-state index contributed by atoms with van der Waals surface area (Å²) in [6.45, 7) is 3.13. The van der Waals surface area contributed by atoms with Crippen molar-refractivity contribution in [3.8, 4) is 0 Å². The highest BCUT2D eigenvalue weighted by Crippen LogP contribution is 2.30. The van der Waals surface area contributed by atoms with Gasteiger partial charge < -0.3 is 15.7 Å². The number of sulfonamides is 1. The van der Waals surface area contributed by atoms with Crippen LogP contribution in [-0.4, -0.2) is 54.9 Å². The van der Waals surface area contributed by atoms with E-state index in [1.54, 1.807) is 12.1 Å². The predicted molar refractivity (Wildman–Crippen MR) is 94.9 cm³/mol. The first kappa shape index (κ1) is 18.6. The van der Waals surface area contributed by atoms with Gasteiger partial charge in [0.25, 0.3) is 0 Å². The molecule has 0 radical (unpaired) electrons. The third-order valence-corrected chi connectivity index (χ3v) is 6.60. The van der Waals surface area contributed by atoms with E-state index in [4.69, 9.17) is 0 Å². The zero-order chi connectivity index (χ0) is 18.9. The zero-order valence-corrected chi connectivity index (χ0v) is 15.0. The van der Waals surface area contributed by atoms with Gasteiger partial charge >= 0.3 is 0 Å². The molecule has 2 heterocycles. The minimum absolute atomic E-state index is 0.0843. The van der Waals surface area contributed by atoms with Crippen LogP contribution in [0.5, 0.6) is 0 Å². The van der Waals surface area contributed by atoms with Crippen molar-refractivity contribution in [1.82, 2.24) is 9.62 Å². The second kappa shape index (κ2) is 7.18. The fourth-order valence-corrected chi connectivity index (χ4v) is 5.09. The van der Waals surface area contributed by atoms with Crippen molar-refractivity contribution in [1.29, 1.82) is 0 Å². The lowest BCUT2D eigenvalue weighted by molar-refractivity contribution is -0.117. The van der Waals surface area contributed by atoms with Gasteiger partial charge in [-0.05, 0) is 42.7 Å². The van der Waals surface area contributed by atoms with Crippen LogP contribution in [0.4, 0.5) is 5.69 Å². The van der Waals surface area contributed by atoms with Crippen LogP contribution in [0.3, 0.4) is 0 Å². The Bertz CT molecular complexity index is 852. The Kier molecular flexibility index (Phi) is 5.12. The van der Waals surface area contributed by atoms with Gasteiger partial charge in [-0.25, -0.2) is 8.42 Å². The van der Waals surface area contributed by atoms with Crippen molar-refractivity contribution in [3.05, 3.63) is 36.4 Å². The molecule has 3 N–H and O–H groups in total. The molecule has 8 nitrogen and oxygen atoms in total. The fourth-order valence-electron chi connectivity index (χ4n) is 3.37. The molecule has 140 valence electrons. The normalized spacial score (nSPS) is 23.2. The molecule has 1 fully saturated rings. The number of aliphatic hydroxyl groups is 1. The molecule has 2 amide bonds. The van der Waals surface area contributed by atoms with Crippen molar-refractivity contribution < 1.29 is 23.1 Å². The van der Waals surface area contributed by atoms with Gasteiger partial charge in [0.05, 0.1) is 17.5 Å². The van der Waals surface area contributed by atoms with Crippen molar-refractivity contribution >= 4 is 27.5 Å². The lowest BCUT2D eigenvalue weighted by atomic mass is 10.0. The molecule has 9 heteroatoms. The van der Waals surface area contributed by atoms with Crippen molar-refractivity contribution in [2.75, 3.05) is 18.5 Å². The van der Waals surface area contributed by atoms with E-state index >= 15 is 0 Å². The van der Waals surface area contributed by atoms with Crippen LogP contribution in [0.15, 0.2) is 35.7 Å². The molecule has 26 heavy (non-hydrogen) atoms. The monoisotopic (exact) mass is 379 g/mol. The number of nitrogens with one attached hydrogen (secondary N) is 2. The number of benzene rings is 1. The van der Waals surface area contributed by atoms with E-state index in [1.807, 2.05) is 0 Å². The van der Waals surface area contributed by atoms with Gasteiger partial charge in [-0.2, -0.15) is 4.31 Å². The maximum atomic E-state index is 13.0. The summed E-state index contributed by atoms with van der Waals surface area (Å²) in [4.78, 5) is 23.0. The summed E-state index contributed by atoms with van der Waals surface area (Å²) in [5.74, 6) is -0.468. The molecule has 1 aromatic carbocycles. The number of carbonyl (C=O) groups excluding carboxylic acids is 2. The number of nitrogens with zero attached hydrogens (tertiary/aromatic N) is 1. The highest BCUT2D eigenvalue weighted by Gasteiger charge is 2.40. The maximum absolute atomic E-state index is 13.0. The van der Waals surface area contributed by atoms with Gasteiger partial charge in [0.1, 0.15) is 0 Å². The van der Waals surface area contributed by atoms with Crippen LogP contribution in [0, 0.1) is 0 Å². The Labute approximate surface area is 151 Å². The molecule has 0 spiro atoms. The molecule has 3 rings (SSSR count). The van der Waals surface area contributed by atoms with Crippen molar-refractivity contribution in [2.24, 2.45) is 0 Å². The summed E-state index contributed by atoms with van der Waals surface area (Å²) in [6, 6.07) is 3.60. The van der Waals surface area contributed by atoms with Gasteiger partial charge in [0, 0.05) is 24.7 Å². The maximum Gasteiger partial charge on any atom is 0.243 e. The number of fused-ring (bicyclic) bond motifs is 1. The number of aliphatic hydroxyl groups excluding tert-OH is 1. The average molecular weight is 379 g/mol. The smallest absolute Gasteiger partial charge is 0.243 e. The van der Waals surface area contributed by atoms with E-state index in [9.17, 15) is 23.1 Å². The summed E-state index contributed by atoms with van der Waals surface area (Å²) in [6.07, 6.45) is 2.25.